The van der Waals surface area contributed by atoms with Gasteiger partial charge >= 0.3 is 0 Å². The van der Waals surface area contributed by atoms with Crippen molar-refractivity contribution in [1.29, 1.82) is 0 Å². The van der Waals surface area contributed by atoms with Crippen LogP contribution in [-0.2, 0) is 9.59 Å². The van der Waals surface area contributed by atoms with Gasteiger partial charge in [-0.05, 0) is 23.8 Å². The Bertz CT molecular complexity index is 1170. The third kappa shape index (κ3) is 3.62. The van der Waals surface area contributed by atoms with E-state index in [9.17, 15) is 19.1 Å². The van der Waals surface area contributed by atoms with Crippen molar-refractivity contribution >= 4 is 28.8 Å². The number of nitrogens with one attached hydrogen (secondary N) is 1. The van der Waals surface area contributed by atoms with Crippen molar-refractivity contribution in [3.05, 3.63) is 101 Å². The van der Waals surface area contributed by atoms with Crippen LogP contribution in [-0.4, -0.2) is 25.8 Å². The molecule has 0 radical (unpaired) electrons. The van der Waals surface area contributed by atoms with E-state index < -0.39 is 29.3 Å². The minimum Gasteiger partial charge on any atom is -0.872 e. The largest absolute Gasteiger partial charge is 0.872 e. The number of benzene rings is 3. The van der Waals surface area contributed by atoms with Gasteiger partial charge < -0.3 is 10.0 Å². The Kier molecular flexibility index (Phi) is 5.40. The zero-order chi connectivity index (χ0) is 22.1. The first-order valence-corrected chi connectivity index (χ1v) is 9.89. The number of carbonyl (C=O) groups is 2. The molecule has 1 atom stereocenters. The van der Waals surface area contributed by atoms with Crippen LogP contribution in [0, 0.1) is 5.82 Å². The van der Waals surface area contributed by atoms with Gasteiger partial charge in [-0.25, -0.2) is 4.39 Å². The average molecular weight is 416 g/mol. The molecule has 6 heteroatoms. The fourth-order valence-electron chi connectivity index (χ4n) is 3.78. The molecule has 1 unspecified atom stereocenters. The second-order valence-corrected chi connectivity index (χ2v) is 7.58. The van der Waals surface area contributed by atoms with Crippen LogP contribution in [0.4, 0.5) is 15.8 Å². The quantitative estimate of drug-likeness (QED) is 0.402. The highest BCUT2D eigenvalue weighted by Crippen LogP contribution is 2.42. The van der Waals surface area contributed by atoms with Crippen molar-refractivity contribution in [2.75, 3.05) is 19.0 Å². The number of nitrogens with zero attached hydrogens (tertiary/aromatic N) is 1. The Morgan fingerprint density at radius 1 is 0.903 bits per heavy atom. The molecule has 5 nitrogen and oxygen atoms in total. The van der Waals surface area contributed by atoms with Gasteiger partial charge in [-0.15, -0.1) is 0 Å². The molecule has 0 saturated carbocycles. The van der Waals surface area contributed by atoms with Gasteiger partial charge in [0.25, 0.3) is 5.91 Å². The fourth-order valence-corrected chi connectivity index (χ4v) is 3.78. The first-order valence-electron chi connectivity index (χ1n) is 9.89. The van der Waals surface area contributed by atoms with Crippen LogP contribution < -0.4 is 14.9 Å². The zero-order valence-corrected chi connectivity index (χ0v) is 17.1. The summed E-state index contributed by atoms with van der Waals surface area (Å²) in [6.07, 6.45) is 0. The Hall–Kier alpha value is -3.77. The predicted octanol–water partition coefficient (Wildman–Crippen LogP) is 2.03. The molecular weight excluding hydrogens is 395 g/mol. The molecule has 31 heavy (non-hydrogen) atoms. The van der Waals surface area contributed by atoms with Crippen LogP contribution in [0.1, 0.15) is 17.2 Å². The van der Waals surface area contributed by atoms with E-state index in [2.05, 4.69) is 0 Å². The standard InChI is InChI=1S/C25H21FN2O3/c1-27(2)17-12-14-18(15-13-17)28-22(19-10-6-7-11-20(19)26)21(24(30)25(28)31)23(29)16-8-4-3-5-9-16/h3-15,22,29H,1-2H3. The van der Waals surface area contributed by atoms with Crippen molar-refractivity contribution in [3.8, 4) is 0 Å². The summed E-state index contributed by atoms with van der Waals surface area (Å²) in [6.45, 7) is 0. The number of Topliss-reactive ketones (excluding diaryl/α,β-unsaturated/α-hetero) is 1. The van der Waals surface area contributed by atoms with Gasteiger partial charge in [0.1, 0.15) is 11.5 Å². The maximum Gasteiger partial charge on any atom is 0.299 e. The topological polar surface area (TPSA) is 64.9 Å². The van der Waals surface area contributed by atoms with Crippen LogP contribution in [0.5, 0.6) is 0 Å². The molecule has 0 aliphatic carbocycles. The summed E-state index contributed by atoms with van der Waals surface area (Å²) in [4.78, 5) is 28.3. The third-order valence-electron chi connectivity index (χ3n) is 5.39. The summed E-state index contributed by atoms with van der Waals surface area (Å²) < 4.78 is 14.8. The van der Waals surface area contributed by atoms with Gasteiger partial charge in [0.05, 0.1) is 20.1 Å². The minimum absolute atomic E-state index is 0.100. The molecule has 1 heterocycles. The van der Waals surface area contributed by atoms with Crippen LogP contribution >= 0.6 is 0 Å². The third-order valence-corrected chi connectivity index (χ3v) is 5.39. The Labute approximate surface area is 179 Å². The number of quaternary nitrogens is 1. The van der Waals surface area contributed by atoms with Crippen molar-refractivity contribution in [1.82, 2.24) is 0 Å². The predicted molar refractivity (Wildman–Crippen MR) is 114 cm³/mol. The Morgan fingerprint density at radius 2 is 1.52 bits per heavy atom. The molecule has 4 rings (SSSR count). The van der Waals surface area contributed by atoms with Crippen molar-refractivity contribution in [3.63, 3.8) is 0 Å². The van der Waals surface area contributed by atoms with E-state index in [1.165, 1.54) is 23.1 Å². The van der Waals surface area contributed by atoms with Gasteiger partial charge in [0.2, 0.25) is 5.78 Å². The second-order valence-electron chi connectivity index (χ2n) is 7.58. The maximum atomic E-state index is 14.8. The number of ketones is 1. The maximum absolute atomic E-state index is 14.8. The molecule has 0 bridgehead atoms. The first-order chi connectivity index (χ1) is 14.9. The van der Waals surface area contributed by atoms with Gasteiger partial charge in [-0.1, -0.05) is 54.3 Å². The van der Waals surface area contributed by atoms with Crippen molar-refractivity contribution in [2.45, 2.75) is 6.04 Å². The molecule has 1 saturated heterocycles. The molecule has 156 valence electrons. The molecule has 0 aromatic heterocycles. The summed E-state index contributed by atoms with van der Waals surface area (Å²) in [5.74, 6) is -2.93. The summed E-state index contributed by atoms with van der Waals surface area (Å²) in [7, 11) is 3.93. The Morgan fingerprint density at radius 3 is 2.13 bits per heavy atom. The molecule has 1 aliphatic heterocycles. The van der Waals surface area contributed by atoms with E-state index in [0.29, 0.717) is 5.69 Å². The molecule has 1 fully saturated rings. The lowest BCUT2D eigenvalue weighted by Crippen LogP contribution is -3.00. The highest BCUT2D eigenvalue weighted by Gasteiger charge is 2.46. The molecule has 1 N–H and O–H groups in total. The Balaban J connectivity index is 1.93. The van der Waals surface area contributed by atoms with Crippen LogP contribution in [0.3, 0.4) is 0 Å². The summed E-state index contributed by atoms with van der Waals surface area (Å²) in [5.41, 5.74) is 1.53. The zero-order valence-electron chi connectivity index (χ0n) is 17.1. The highest BCUT2D eigenvalue weighted by molar-refractivity contribution is 6.51. The molecular formula is C25H21FN2O3. The van der Waals surface area contributed by atoms with Gasteiger partial charge in [0.15, 0.2) is 0 Å². The normalized spacial score (nSPS) is 18.1. The number of hydrogen-bond acceptors (Lipinski definition) is 3. The van der Waals surface area contributed by atoms with Crippen molar-refractivity contribution in [2.24, 2.45) is 0 Å². The highest BCUT2D eigenvalue weighted by atomic mass is 19.1. The molecule has 0 spiro atoms. The fraction of sp³-hybridized carbons (Fsp3) is 0.120. The molecule has 1 amide bonds. The minimum atomic E-state index is -1.15. The lowest BCUT2D eigenvalue weighted by molar-refractivity contribution is -0.786. The number of anilines is 1. The first kappa shape index (κ1) is 20.5. The second kappa shape index (κ2) is 8.16. The van der Waals surface area contributed by atoms with E-state index in [1.807, 2.05) is 26.2 Å². The lowest BCUT2D eigenvalue weighted by atomic mass is 9.94. The van der Waals surface area contributed by atoms with E-state index in [1.54, 1.807) is 48.5 Å². The smallest absolute Gasteiger partial charge is 0.299 e. The average Bonchev–Trinajstić information content (AvgIpc) is 3.04. The lowest BCUT2D eigenvalue weighted by Gasteiger charge is -2.28. The summed E-state index contributed by atoms with van der Waals surface area (Å²) in [5, 5.41) is 13.3. The van der Waals surface area contributed by atoms with E-state index in [0.717, 1.165) is 10.6 Å². The van der Waals surface area contributed by atoms with Gasteiger partial charge in [-0.3, -0.25) is 14.5 Å². The van der Waals surface area contributed by atoms with Crippen molar-refractivity contribution < 1.29 is 24.0 Å². The number of rotatable bonds is 4. The molecule has 3 aromatic carbocycles. The van der Waals surface area contributed by atoms with E-state index >= 15 is 0 Å². The van der Waals surface area contributed by atoms with Gasteiger partial charge in [-0.2, -0.15) is 0 Å². The molecule has 1 aliphatic rings. The van der Waals surface area contributed by atoms with Gasteiger partial charge in [0, 0.05) is 29.0 Å². The SMILES string of the molecule is C[NH+](C)c1ccc(N2C(=O)C(=O)C(=C([O-])c3ccccc3)C2c2ccccc2F)cc1. The summed E-state index contributed by atoms with van der Waals surface area (Å²) in [6, 6.07) is 20.1. The number of halogens is 1. The van der Waals surface area contributed by atoms with Crippen LogP contribution in [0.2, 0.25) is 0 Å². The summed E-state index contributed by atoms with van der Waals surface area (Å²) >= 11 is 0. The van der Waals surface area contributed by atoms with E-state index in [4.69, 9.17) is 0 Å². The monoisotopic (exact) mass is 416 g/mol. The number of carbonyl (C=O) groups excluding carboxylic acids is 2. The molecule has 3 aromatic rings. The number of amides is 1. The number of hydrogen-bond donors (Lipinski definition) is 1. The van der Waals surface area contributed by atoms with E-state index in [-0.39, 0.29) is 16.7 Å². The van der Waals surface area contributed by atoms with Crippen LogP contribution in [0.25, 0.3) is 5.76 Å². The van der Waals surface area contributed by atoms with Crippen LogP contribution in [0.15, 0.2) is 84.4 Å².